The first-order chi connectivity index (χ1) is 9.56. The average molecular weight is 276 g/mol. The van der Waals surface area contributed by atoms with Crippen molar-refractivity contribution in [1.82, 2.24) is 20.4 Å². The summed E-state index contributed by atoms with van der Waals surface area (Å²) in [5.74, 6) is 0.613. The number of carbonyl (C=O) groups is 1. The average Bonchev–Trinajstić information content (AvgIpc) is 2.48. The summed E-state index contributed by atoms with van der Waals surface area (Å²) in [5, 5.41) is 11.4. The van der Waals surface area contributed by atoms with Crippen molar-refractivity contribution >= 4 is 5.91 Å². The number of amides is 1. The molecule has 1 amide bonds. The normalized spacial score (nSPS) is 22.9. The maximum absolute atomic E-state index is 12.7. The summed E-state index contributed by atoms with van der Waals surface area (Å²) >= 11 is 0. The van der Waals surface area contributed by atoms with Gasteiger partial charge in [0.25, 0.3) is 5.91 Å². The standard InChI is InChI=1S/C15H24N4O/c1-5-12-9-19(7-6-14(12)16-4)15(20)13-8-10(2)17-18-11(13)3/h8,12,14,16H,5-7,9H2,1-4H3. The maximum Gasteiger partial charge on any atom is 0.255 e. The van der Waals surface area contributed by atoms with Gasteiger partial charge >= 0.3 is 0 Å². The van der Waals surface area contributed by atoms with Gasteiger partial charge in [-0.05, 0) is 39.3 Å². The zero-order valence-electron chi connectivity index (χ0n) is 12.8. The van der Waals surface area contributed by atoms with Crippen molar-refractivity contribution in [3.05, 3.63) is 23.0 Å². The first kappa shape index (κ1) is 14.9. The van der Waals surface area contributed by atoms with Gasteiger partial charge in [-0.15, -0.1) is 0 Å². The topological polar surface area (TPSA) is 58.1 Å². The molecule has 2 unspecified atom stereocenters. The van der Waals surface area contributed by atoms with Crippen LogP contribution in [0.5, 0.6) is 0 Å². The summed E-state index contributed by atoms with van der Waals surface area (Å²) in [7, 11) is 2.01. The van der Waals surface area contributed by atoms with E-state index in [4.69, 9.17) is 0 Å². The summed E-state index contributed by atoms with van der Waals surface area (Å²) in [6.45, 7) is 7.53. The fourth-order valence-corrected chi connectivity index (χ4v) is 2.95. The Bertz CT molecular complexity index is 489. The second-order valence-corrected chi connectivity index (χ2v) is 5.59. The van der Waals surface area contributed by atoms with Crippen molar-refractivity contribution in [1.29, 1.82) is 0 Å². The van der Waals surface area contributed by atoms with Gasteiger partial charge < -0.3 is 10.2 Å². The Morgan fingerprint density at radius 1 is 1.45 bits per heavy atom. The van der Waals surface area contributed by atoms with Gasteiger partial charge in [0.1, 0.15) is 0 Å². The quantitative estimate of drug-likeness (QED) is 0.910. The van der Waals surface area contributed by atoms with Gasteiger partial charge in [-0.3, -0.25) is 4.79 Å². The number of hydrogen-bond donors (Lipinski definition) is 1. The van der Waals surface area contributed by atoms with Crippen LogP contribution in [0.1, 0.15) is 41.5 Å². The molecule has 2 rings (SSSR count). The van der Waals surface area contributed by atoms with E-state index < -0.39 is 0 Å². The molecule has 1 fully saturated rings. The molecule has 110 valence electrons. The van der Waals surface area contributed by atoms with E-state index in [0.29, 0.717) is 23.2 Å². The van der Waals surface area contributed by atoms with Crippen LogP contribution in [0, 0.1) is 19.8 Å². The smallest absolute Gasteiger partial charge is 0.255 e. The van der Waals surface area contributed by atoms with Gasteiger partial charge in [-0.2, -0.15) is 10.2 Å². The van der Waals surface area contributed by atoms with Crippen molar-refractivity contribution in [2.75, 3.05) is 20.1 Å². The fourth-order valence-electron chi connectivity index (χ4n) is 2.95. The highest BCUT2D eigenvalue weighted by Crippen LogP contribution is 2.22. The van der Waals surface area contributed by atoms with Crippen LogP contribution in [0.25, 0.3) is 0 Å². The van der Waals surface area contributed by atoms with Crippen molar-refractivity contribution in [2.24, 2.45) is 5.92 Å². The van der Waals surface area contributed by atoms with E-state index in [1.807, 2.05) is 31.9 Å². The molecule has 0 aromatic carbocycles. The molecule has 1 aromatic rings. The van der Waals surface area contributed by atoms with Gasteiger partial charge in [-0.25, -0.2) is 0 Å². The lowest BCUT2D eigenvalue weighted by molar-refractivity contribution is 0.0630. The van der Waals surface area contributed by atoms with Crippen LogP contribution in [0.2, 0.25) is 0 Å². The second-order valence-electron chi connectivity index (χ2n) is 5.59. The van der Waals surface area contributed by atoms with Crippen LogP contribution in [0.4, 0.5) is 0 Å². The number of carbonyl (C=O) groups excluding carboxylic acids is 1. The van der Waals surface area contributed by atoms with Gasteiger partial charge in [0, 0.05) is 19.1 Å². The SMILES string of the molecule is CCC1CN(C(=O)c2cc(C)nnc2C)CCC1NC. The molecule has 0 spiro atoms. The predicted octanol–water partition coefficient (Wildman–Crippen LogP) is 1.55. The largest absolute Gasteiger partial charge is 0.338 e. The van der Waals surface area contributed by atoms with Crippen LogP contribution in [0.15, 0.2) is 6.07 Å². The Balaban J connectivity index is 2.15. The maximum atomic E-state index is 12.7. The molecule has 0 bridgehead atoms. The lowest BCUT2D eigenvalue weighted by atomic mass is 9.89. The minimum Gasteiger partial charge on any atom is -0.338 e. The second kappa shape index (κ2) is 6.31. The van der Waals surface area contributed by atoms with E-state index in [0.717, 1.165) is 31.6 Å². The minimum atomic E-state index is 0.0912. The molecule has 1 aliphatic rings. The summed E-state index contributed by atoms with van der Waals surface area (Å²) in [6, 6.07) is 2.36. The fraction of sp³-hybridized carbons (Fsp3) is 0.667. The molecule has 0 saturated carbocycles. The first-order valence-electron chi connectivity index (χ1n) is 7.34. The van der Waals surface area contributed by atoms with Crippen molar-refractivity contribution in [3.8, 4) is 0 Å². The van der Waals surface area contributed by atoms with Crippen molar-refractivity contribution in [2.45, 2.75) is 39.7 Å². The van der Waals surface area contributed by atoms with E-state index in [9.17, 15) is 4.79 Å². The number of aryl methyl sites for hydroxylation is 2. The third kappa shape index (κ3) is 2.98. The van der Waals surface area contributed by atoms with Gasteiger partial charge in [0.15, 0.2) is 0 Å². The summed E-state index contributed by atoms with van der Waals surface area (Å²) in [4.78, 5) is 14.6. The number of hydrogen-bond acceptors (Lipinski definition) is 4. The molecule has 5 heteroatoms. The van der Waals surface area contributed by atoms with Crippen LogP contribution < -0.4 is 5.32 Å². The van der Waals surface area contributed by atoms with E-state index in [2.05, 4.69) is 22.4 Å². The molecule has 0 radical (unpaired) electrons. The third-order valence-electron chi connectivity index (χ3n) is 4.25. The highest BCUT2D eigenvalue weighted by atomic mass is 16.2. The number of nitrogens with one attached hydrogen (secondary N) is 1. The zero-order chi connectivity index (χ0) is 14.7. The van der Waals surface area contributed by atoms with Gasteiger partial charge in [-0.1, -0.05) is 13.3 Å². The van der Waals surface area contributed by atoms with Crippen LogP contribution >= 0.6 is 0 Å². The lowest BCUT2D eigenvalue weighted by Gasteiger charge is -2.38. The van der Waals surface area contributed by atoms with Crippen LogP contribution in [-0.2, 0) is 0 Å². The number of aromatic nitrogens is 2. The molecule has 1 N–H and O–H groups in total. The van der Waals surface area contributed by atoms with Gasteiger partial charge in [0.05, 0.1) is 17.0 Å². The molecule has 2 heterocycles. The molecule has 1 saturated heterocycles. The third-order valence-corrected chi connectivity index (χ3v) is 4.25. The zero-order valence-corrected chi connectivity index (χ0v) is 12.8. The molecule has 0 aliphatic carbocycles. The Morgan fingerprint density at radius 3 is 2.85 bits per heavy atom. The highest BCUT2D eigenvalue weighted by Gasteiger charge is 2.30. The Morgan fingerprint density at radius 2 is 2.20 bits per heavy atom. The van der Waals surface area contributed by atoms with Crippen molar-refractivity contribution in [3.63, 3.8) is 0 Å². The minimum absolute atomic E-state index is 0.0912. The first-order valence-corrected chi connectivity index (χ1v) is 7.34. The predicted molar refractivity (Wildman–Crippen MR) is 78.7 cm³/mol. The van der Waals surface area contributed by atoms with Crippen LogP contribution in [0.3, 0.4) is 0 Å². The van der Waals surface area contributed by atoms with E-state index in [1.54, 1.807) is 0 Å². The monoisotopic (exact) mass is 276 g/mol. The summed E-state index contributed by atoms with van der Waals surface area (Å²) in [5.41, 5.74) is 2.19. The molecular formula is C15H24N4O. The summed E-state index contributed by atoms with van der Waals surface area (Å²) in [6.07, 6.45) is 2.10. The Hall–Kier alpha value is -1.49. The number of piperidine rings is 1. The molecule has 1 aromatic heterocycles. The van der Waals surface area contributed by atoms with E-state index in [-0.39, 0.29) is 5.91 Å². The van der Waals surface area contributed by atoms with Crippen LogP contribution in [-0.4, -0.2) is 47.2 Å². The molecule has 2 atom stereocenters. The van der Waals surface area contributed by atoms with E-state index >= 15 is 0 Å². The number of likely N-dealkylation sites (tertiary alicyclic amines) is 1. The number of rotatable bonds is 3. The Kier molecular flexibility index (Phi) is 4.70. The highest BCUT2D eigenvalue weighted by molar-refractivity contribution is 5.95. The van der Waals surface area contributed by atoms with Crippen molar-refractivity contribution < 1.29 is 4.79 Å². The summed E-state index contributed by atoms with van der Waals surface area (Å²) < 4.78 is 0. The Labute approximate surface area is 120 Å². The van der Waals surface area contributed by atoms with E-state index in [1.165, 1.54) is 0 Å². The number of nitrogens with zero attached hydrogens (tertiary/aromatic N) is 3. The molecular weight excluding hydrogens is 252 g/mol. The molecule has 5 nitrogen and oxygen atoms in total. The lowest BCUT2D eigenvalue weighted by Crippen LogP contribution is -2.50. The molecule has 1 aliphatic heterocycles. The van der Waals surface area contributed by atoms with Gasteiger partial charge in [0.2, 0.25) is 0 Å². The molecule has 20 heavy (non-hydrogen) atoms.